The quantitative estimate of drug-likeness (QED) is 0.680. The van der Waals surface area contributed by atoms with Gasteiger partial charge in [0.05, 0.1) is 7.85 Å². The summed E-state index contributed by atoms with van der Waals surface area (Å²) in [7, 11) is 11.4. The molecule has 0 bridgehead atoms. The third-order valence-corrected chi connectivity index (χ3v) is 1.62. The minimum Gasteiger partial charge on any atom is -0.312 e. The summed E-state index contributed by atoms with van der Waals surface area (Å²) in [5, 5.41) is 0. The van der Waals surface area contributed by atoms with E-state index in [1.165, 1.54) is 0 Å². The van der Waals surface area contributed by atoms with Gasteiger partial charge in [0.15, 0.2) is 0 Å². The number of nitrogens with zero attached hydrogens (tertiary/aromatic N) is 1. The maximum absolute atomic E-state index is 5.40. The van der Waals surface area contributed by atoms with Crippen molar-refractivity contribution in [2.75, 3.05) is 21.1 Å². The monoisotopic (exact) mass is 239 g/mol. The van der Waals surface area contributed by atoms with Crippen LogP contribution in [0.2, 0.25) is 0 Å². The minimum atomic E-state index is 0.611. The van der Waals surface area contributed by atoms with Crippen molar-refractivity contribution in [2.45, 2.75) is 6.32 Å². The fourth-order valence-electron chi connectivity index (χ4n) is 0.664. The molecule has 0 unspecified atom stereocenters. The number of rotatable bonds is 1. The third-order valence-electron chi connectivity index (χ3n) is 1.12. The molecule has 13 heavy (non-hydrogen) atoms. The van der Waals surface area contributed by atoms with Gasteiger partial charge in [-0.1, -0.05) is 39.9 Å². The topological polar surface area (TPSA) is 3.24 Å². The van der Waals surface area contributed by atoms with Gasteiger partial charge >= 0.3 is 0 Å². The number of hydrogen-bond acceptors (Lipinski definition) is 1. The highest BCUT2D eigenvalue weighted by Gasteiger charge is 1.87. The van der Waals surface area contributed by atoms with Crippen molar-refractivity contribution in [1.82, 2.24) is 4.90 Å². The van der Waals surface area contributed by atoms with Gasteiger partial charge in [-0.05, 0) is 33.3 Å². The zero-order valence-corrected chi connectivity index (χ0v) is 10.0. The maximum Gasteiger partial charge on any atom is 0.0716 e. The van der Waals surface area contributed by atoms with E-state index >= 15 is 0 Å². The third kappa shape index (κ3) is 8.07. The molecule has 0 aliphatic rings. The summed E-state index contributed by atoms with van der Waals surface area (Å²) in [5.74, 6) is 0. The maximum atomic E-state index is 5.40. The highest BCUT2D eigenvalue weighted by Crippen LogP contribution is 2.10. The molecule has 0 fully saturated rings. The Hall–Kier alpha value is -0.275. The van der Waals surface area contributed by atoms with Crippen molar-refractivity contribution in [3.8, 4) is 0 Å². The van der Waals surface area contributed by atoms with Crippen molar-refractivity contribution in [3.05, 3.63) is 34.3 Å². The fraction of sp³-hybridized carbons (Fsp3) is 0.400. The Morgan fingerprint density at radius 3 is 2.15 bits per heavy atom. The lowest BCUT2D eigenvalue weighted by atomic mass is 9.97. The molecule has 0 heterocycles. The van der Waals surface area contributed by atoms with Crippen molar-refractivity contribution in [3.63, 3.8) is 0 Å². The summed E-state index contributed by atoms with van der Waals surface area (Å²) in [5.41, 5.74) is 1.16. The van der Waals surface area contributed by atoms with Gasteiger partial charge in [-0.2, -0.15) is 0 Å². The van der Waals surface area contributed by atoms with Crippen LogP contribution < -0.4 is 0 Å². The van der Waals surface area contributed by atoms with Gasteiger partial charge in [0.25, 0.3) is 0 Å². The zero-order chi connectivity index (χ0) is 10.3. The molecular weight excluding hydrogens is 225 g/mol. The Bertz CT molecular complexity index is 235. The summed E-state index contributed by atoms with van der Waals surface area (Å²) < 4.78 is 1.09. The second-order valence-corrected chi connectivity index (χ2v) is 4.09. The summed E-state index contributed by atoms with van der Waals surface area (Å²) in [6.07, 6.45) is 0.611. The molecule has 1 aromatic carbocycles. The largest absolute Gasteiger partial charge is 0.312 e. The Morgan fingerprint density at radius 1 is 1.31 bits per heavy atom. The number of halogens is 1. The van der Waals surface area contributed by atoms with Crippen LogP contribution in [0.5, 0.6) is 0 Å². The smallest absolute Gasteiger partial charge is 0.0716 e. The second-order valence-electron chi connectivity index (χ2n) is 3.18. The average Bonchev–Trinajstić information content (AvgIpc) is 2.03. The lowest BCUT2D eigenvalue weighted by Gasteiger charge is -1.94. The molecule has 0 N–H and O–H groups in total. The Morgan fingerprint density at radius 2 is 1.85 bits per heavy atom. The zero-order valence-electron chi connectivity index (χ0n) is 8.42. The van der Waals surface area contributed by atoms with E-state index in [1.807, 2.05) is 50.3 Å². The summed E-state index contributed by atoms with van der Waals surface area (Å²) in [4.78, 5) is 2.00. The molecule has 1 nitrogen and oxygen atoms in total. The number of benzene rings is 1. The van der Waals surface area contributed by atoms with Crippen LogP contribution in [0, 0.1) is 0 Å². The molecule has 2 radical (unpaired) electrons. The summed E-state index contributed by atoms with van der Waals surface area (Å²) in [6, 6.07) is 7.98. The van der Waals surface area contributed by atoms with E-state index in [0.29, 0.717) is 6.32 Å². The van der Waals surface area contributed by atoms with E-state index in [1.54, 1.807) is 0 Å². The average molecular weight is 240 g/mol. The minimum absolute atomic E-state index is 0.611. The lowest BCUT2D eigenvalue weighted by Crippen LogP contribution is -1.99. The van der Waals surface area contributed by atoms with Crippen LogP contribution in [0.25, 0.3) is 0 Å². The first-order valence-corrected chi connectivity index (χ1v) is 4.91. The molecule has 0 aliphatic heterocycles. The highest BCUT2D eigenvalue weighted by atomic mass is 79.9. The van der Waals surface area contributed by atoms with Gasteiger partial charge in [0.2, 0.25) is 0 Å². The van der Waals surface area contributed by atoms with Gasteiger partial charge in [-0.15, -0.1) is 0 Å². The van der Waals surface area contributed by atoms with Crippen LogP contribution in [-0.2, 0) is 6.32 Å². The van der Waals surface area contributed by atoms with Gasteiger partial charge in [0, 0.05) is 4.47 Å². The van der Waals surface area contributed by atoms with Crippen LogP contribution in [0.3, 0.4) is 0 Å². The molecule has 1 aromatic rings. The van der Waals surface area contributed by atoms with Crippen LogP contribution in [-0.4, -0.2) is 33.9 Å². The predicted molar refractivity (Wildman–Crippen MR) is 63.2 cm³/mol. The highest BCUT2D eigenvalue weighted by molar-refractivity contribution is 9.10. The molecule has 0 atom stereocenters. The molecule has 0 amide bonds. The first-order chi connectivity index (χ1) is 6.06. The first kappa shape index (κ1) is 12.7. The van der Waals surface area contributed by atoms with E-state index in [0.717, 1.165) is 10.0 Å². The second kappa shape index (κ2) is 7.16. The van der Waals surface area contributed by atoms with Crippen molar-refractivity contribution in [2.24, 2.45) is 0 Å². The first-order valence-electron chi connectivity index (χ1n) is 4.11. The van der Waals surface area contributed by atoms with E-state index in [4.69, 9.17) is 7.85 Å². The SMILES string of the molecule is CN(C)C.[B]Cc1cccc(Br)c1. The van der Waals surface area contributed by atoms with Crippen LogP contribution in [0.4, 0.5) is 0 Å². The van der Waals surface area contributed by atoms with Crippen molar-refractivity contribution >= 4 is 23.8 Å². The fourth-order valence-corrected chi connectivity index (χ4v) is 1.11. The molecule has 0 aromatic heterocycles. The predicted octanol–water partition coefficient (Wildman–Crippen LogP) is 2.30. The molecule has 0 saturated heterocycles. The molecular formula is C10H15BBrN. The van der Waals surface area contributed by atoms with E-state index in [9.17, 15) is 0 Å². The van der Waals surface area contributed by atoms with E-state index in [2.05, 4.69) is 15.9 Å². The molecule has 1 rings (SSSR count). The van der Waals surface area contributed by atoms with Gasteiger partial charge in [-0.3, -0.25) is 0 Å². The number of hydrogen-bond donors (Lipinski definition) is 0. The van der Waals surface area contributed by atoms with Gasteiger partial charge < -0.3 is 4.90 Å². The van der Waals surface area contributed by atoms with Crippen molar-refractivity contribution < 1.29 is 0 Å². The summed E-state index contributed by atoms with van der Waals surface area (Å²) >= 11 is 3.35. The van der Waals surface area contributed by atoms with Gasteiger partial charge in [0.1, 0.15) is 0 Å². The molecule has 0 saturated carbocycles. The van der Waals surface area contributed by atoms with Gasteiger partial charge in [-0.25, -0.2) is 0 Å². The van der Waals surface area contributed by atoms with E-state index in [-0.39, 0.29) is 0 Å². The van der Waals surface area contributed by atoms with Crippen LogP contribution >= 0.6 is 15.9 Å². The lowest BCUT2D eigenvalue weighted by molar-refractivity contribution is 0.505. The standard InChI is InChI=1S/C7H6BBr.C3H9N/c8-5-6-2-1-3-7(9)4-6;1-4(2)3/h1-4H,5H2;1-3H3. The van der Waals surface area contributed by atoms with E-state index < -0.39 is 0 Å². The Labute approximate surface area is 90.7 Å². The van der Waals surface area contributed by atoms with Crippen molar-refractivity contribution in [1.29, 1.82) is 0 Å². The Balaban J connectivity index is 0.000000310. The molecule has 0 spiro atoms. The van der Waals surface area contributed by atoms with Crippen LogP contribution in [0.1, 0.15) is 5.56 Å². The summed E-state index contributed by atoms with van der Waals surface area (Å²) in [6.45, 7) is 0. The molecule has 0 aliphatic carbocycles. The molecule has 70 valence electrons. The normalized spacial score (nSPS) is 9.31. The van der Waals surface area contributed by atoms with Crippen LogP contribution in [0.15, 0.2) is 28.7 Å². The Kier molecular flexibility index (Phi) is 7.01. The molecule has 3 heteroatoms.